The Morgan fingerprint density at radius 2 is 1.53 bits per heavy atom. The summed E-state index contributed by atoms with van der Waals surface area (Å²) in [6.07, 6.45) is 2.39. The Morgan fingerprint density at radius 3 is 1.89 bits per heavy atom. The molecule has 0 heterocycles. The number of halogens is 2. The molecule has 0 atom stereocenters. The van der Waals surface area contributed by atoms with Crippen LogP contribution >= 0.6 is 23.2 Å². The molecule has 0 rings (SSSR count). The molecular weight excluding hydrogens is 291 g/mol. The summed E-state index contributed by atoms with van der Waals surface area (Å²) in [6.45, 7) is 5.61. The molecule has 0 aromatic rings. The molecule has 0 aliphatic rings. The van der Waals surface area contributed by atoms with Gasteiger partial charge < -0.3 is 9.47 Å². The van der Waals surface area contributed by atoms with Gasteiger partial charge in [0.15, 0.2) is 5.92 Å². The van der Waals surface area contributed by atoms with Gasteiger partial charge in [-0.3, -0.25) is 9.59 Å². The van der Waals surface area contributed by atoms with Crippen molar-refractivity contribution in [1.82, 2.24) is 0 Å². The third-order valence-corrected chi connectivity index (χ3v) is 2.88. The van der Waals surface area contributed by atoms with E-state index in [1.54, 1.807) is 20.8 Å². The number of alkyl halides is 2. The van der Waals surface area contributed by atoms with Gasteiger partial charge in [-0.05, 0) is 33.6 Å². The Hall–Kier alpha value is -0.480. The third-order valence-electron chi connectivity index (χ3n) is 2.50. The van der Waals surface area contributed by atoms with Gasteiger partial charge in [0.05, 0.1) is 13.2 Å². The molecule has 0 bridgehead atoms. The fourth-order valence-electron chi connectivity index (χ4n) is 1.60. The van der Waals surface area contributed by atoms with Crippen LogP contribution in [0.15, 0.2) is 0 Å². The molecule has 0 aromatic heterocycles. The van der Waals surface area contributed by atoms with Gasteiger partial charge in [0.25, 0.3) is 0 Å². The Morgan fingerprint density at radius 1 is 1.05 bits per heavy atom. The van der Waals surface area contributed by atoms with Crippen LogP contribution < -0.4 is 0 Å². The van der Waals surface area contributed by atoms with Gasteiger partial charge in [-0.1, -0.05) is 12.8 Å². The van der Waals surface area contributed by atoms with E-state index in [0.29, 0.717) is 19.3 Å². The largest absolute Gasteiger partial charge is 0.465 e. The molecule has 0 unspecified atom stereocenters. The van der Waals surface area contributed by atoms with E-state index in [0.717, 1.165) is 6.42 Å². The number of ether oxygens (including phenoxy) is 2. The summed E-state index contributed by atoms with van der Waals surface area (Å²) >= 11 is 11.7. The SMILES string of the molecule is CCOC(=O)C(CCCCC(C)(Cl)Cl)C(=O)OCC. The minimum atomic E-state index is -0.850. The maximum atomic E-state index is 11.7. The van der Waals surface area contributed by atoms with Crippen molar-refractivity contribution in [1.29, 1.82) is 0 Å². The number of hydrogen-bond donors (Lipinski definition) is 0. The van der Waals surface area contributed by atoms with Crippen LogP contribution in [0.1, 0.15) is 46.5 Å². The van der Waals surface area contributed by atoms with E-state index >= 15 is 0 Å². The van der Waals surface area contributed by atoms with Crippen molar-refractivity contribution in [2.24, 2.45) is 5.92 Å². The number of carbonyl (C=O) groups is 2. The van der Waals surface area contributed by atoms with Gasteiger partial charge in [0.2, 0.25) is 0 Å². The fourth-order valence-corrected chi connectivity index (χ4v) is 1.87. The van der Waals surface area contributed by atoms with E-state index in [1.165, 1.54) is 0 Å². The maximum absolute atomic E-state index is 11.7. The second-order valence-corrected chi connectivity index (χ2v) is 6.23. The second kappa shape index (κ2) is 9.43. The van der Waals surface area contributed by atoms with Crippen molar-refractivity contribution >= 4 is 35.1 Å². The maximum Gasteiger partial charge on any atom is 0.320 e. The molecule has 0 aliphatic heterocycles. The Balaban J connectivity index is 4.27. The highest BCUT2D eigenvalue weighted by molar-refractivity contribution is 6.48. The number of unbranched alkanes of at least 4 members (excludes halogenated alkanes) is 1. The van der Waals surface area contributed by atoms with Crippen LogP contribution in [0.2, 0.25) is 0 Å². The van der Waals surface area contributed by atoms with E-state index < -0.39 is 22.2 Å². The van der Waals surface area contributed by atoms with Gasteiger partial charge >= 0.3 is 11.9 Å². The Labute approximate surface area is 124 Å². The highest BCUT2D eigenvalue weighted by Gasteiger charge is 2.29. The lowest BCUT2D eigenvalue weighted by molar-refractivity contribution is -0.161. The summed E-state index contributed by atoms with van der Waals surface area (Å²) < 4.78 is 8.98. The zero-order valence-corrected chi connectivity index (χ0v) is 13.2. The first-order chi connectivity index (χ1) is 8.81. The first kappa shape index (κ1) is 18.5. The van der Waals surface area contributed by atoms with Gasteiger partial charge in [-0.25, -0.2) is 0 Å². The van der Waals surface area contributed by atoms with Crippen molar-refractivity contribution in [2.75, 3.05) is 13.2 Å². The van der Waals surface area contributed by atoms with Crippen molar-refractivity contribution in [3.05, 3.63) is 0 Å². The molecule has 0 saturated carbocycles. The van der Waals surface area contributed by atoms with Gasteiger partial charge in [0, 0.05) is 0 Å². The van der Waals surface area contributed by atoms with E-state index in [2.05, 4.69) is 0 Å². The summed E-state index contributed by atoms with van der Waals surface area (Å²) in [7, 11) is 0. The average Bonchev–Trinajstić information content (AvgIpc) is 2.27. The summed E-state index contributed by atoms with van der Waals surface area (Å²) in [5, 5.41) is 0. The molecule has 4 nitrogen and oxygen atoms in total. The molecule has 0 aromatic carbocycles. The van der Waals surface area contributed by atoms with E-state index in [4.69, 9.17) is 32.7 Å². The van der Waals surface area contributed by atoms with Crippen LogP contribution in [0.5, 0.6) is 0 Å². The Kier molecular flexibility index (Phi) is 9.19. The van der Waals surface area contributed by atoms with Crippen LogP contribution in [0, 0.1) is 5.92 Å². The molecule has 19 heavy (non-hydrogen) atoms. The summed E-state index contributed by atoms with van der Waals surface area (Å²) in [5.74, 6) is -1.90. The predicted octanol–water partition coefficient (Wildman–Crippen LogP) is 3.48. The molecule has 0 spiro atoms. The molecule has 112 valence electrons. The first-order valence-electron chi connectivity index (χ1n) is 6.53. The summed E-state index contributed by atoms with van der Waals surface area (Å²) in [6, 6.07) is 0. The lowest BCUT2D eigenvalue weighted by Gasteiger charge is -2.16. The molecule has 0 N–H and O–H groups in total. The van der Waals surface area contributed by atoms with Crippen LogP contribution in [-0.4, -0.2) is 29.5 Å². The van der Waals surface area contributed by atoms with Crippen LogP contribution in [0.25, 0.3) is 0 Å². The molecule has 6 heteroatoms. The summed E-state index contributed by atoms with van der Waals surface area (Å²) in [4.78, 5) is 23.4. The fraction of sp³-hybridized carbons (Fsp3) is 0.846. The van der Waals surface area contributed by atoms with Crippen molar-refractivity contribution in [2.45, 2.75) is 50.8 Å². The van der Waals surface area contributed by atoms with E-state index in [1.807, 2.05) is 0 Å². The first-order valence-corrected chi connectivity index (χ1v) is 7.28. The lowest BCUT2D eigenvalue weighted by atomic mass is 10.0. The predicted molar refractivity (Wildman–Crippen MR) is 75.3 cm³/mol. The minimum absolute atomic E-state index is 0.246. The third kappa shape index (κ3) is 9.11. The molecular formula is C13H22Cl2O4. The normalized spacial score (nSPS) is 11.5. The van der Waals surface area contributed by atoms with Gasteiger partial charge in [0.1, 0.15) is 4.33 Å². The number of rotatable bonds is 9. The standard InChI is InChI=1S/C13H22Cl2O4/c1-4-18-11(16)10(12(17)19-5-2)8-6-7-9-13(3,14)15/h10H,4-9H2,1-3H3. The minimum Gasteiger partial charge on any atom is -0.465 e. The lowest BCUT2D eigenvalue weighted by Crippen LogP contribution is -2.28. The smallest absolute Gasteiger partial charge is 0.320 e. The zero-order valence-electron chi connectivity index (χ0n) is 11.7. The van der Waals surface area contributed by atoms with Gasteiger partial charge in [-0.2, -0.15) is 0 Å². The van der Waals surface area contributed by atoms with Crippen LogP contribution in [-0.2, 0) is 19.1 Å². The molecule has 0 aliphatic carbocycles. The number of carbonyl (C=O) groups excluding carboxylic acids is 2. The zero-order chi connectivity index (χ0) is 14.9. The van der Waals surface area contributed by atoms with Crippen LogP contribution in [0.4, 0.5) is 0 Å². The van der Waals surface area contributed by atoms with Crippen LogP contribution in [0.3, 0.4) is 0 Å². The number of esters is 2. The average molecular weight is 313 g/mol. The van der Waals surface area contributed by atoms with Crippen molar-refractivity contribution in [3.63, 3.8) is 0 Å². The molecule has 0 amide bonds. The van der Waals surface area contributed by atoms with E-state index in [9.17, 15) is 9.59 Å². The quantitative estimate of drug-likeness (QED) is 0.283. The molecule has 0 fully saturated rings. The second-order valence-electron chi connectivity index (χ2n) is 4.37. The highest BCUT2D eigenvalue weighted by atomic mass is 35.5. The monoisotopic (exact) mass is 312 g/mol. The van der Waals surface area contributed by atoms with Crippen molar-refractivity contribution in [3.8, 4) is 0 Å². The highest BCUT2D eigenvalue weighted by Crippen LogP contribution is 2.27. The van der Waals surface area contributed by atoms with Crippen molar-refractivity contribution < 1.29 is 19.1 Å². The van der Waals surface area contributed by atoms with E-state index in [-0.39, 0.29) is 13.2 Å². The Bertz CT molecular complexity index is 269. The summed E-state index contributed by atoms with van der Waals surface area (Å²) in [5.41, 5.74) is 0. The molecule has 0 radical (unpaired) electrons. The topological polar surface area (TPSA) is 52.6 Å². The van der Waals surface area contributed by atoms with Gasteiger partial charge in [-0.15, -0.1) is 23.2 Å². The molecule has 0 saturated heterocycles. The number of hydrogen-bond acceptors (Lipinski definition) is 4.